The maximum Gasteiger partial charge on any atom is 0.387 e. The van der Waals surface area contributed by atoms with Gasteiger partial charge in [-0.1, -0.05) is 0 Å². The van der Waals surface area contributed by atoms with E-state index < -0.39 is 6.61 Å². The quantitative estimate of drug-likeness (QED) is 0.423. The van der Waals surface area contributed by atoms with Crippen molar-refractivity contribution in [3.63, 3.8) is 0 Å². The van der Waals surface area contributed by atoms with Gasteiger partial charge in [-0.3, -0.25) is 9.20 Å². The Morgan fingerprint density at radius 1 is 1.21 bits per heavy atom. The molecule has 3 heterocycles. The number of hydrogen-bond acceptors (Lipinski definition) is 6. The van der Waals surface area contributed by atoms with Crippen LogP contribution < -0.4 is 14.2 Å². The molecule has 2 fully saturated rings. The smallest absolute Gasteiger partial charge is 0.387 e. The van der Waals surface area contributed by atoms with Crippen molar-refractivity contribution in [1.29, 1.82) is 0 Å². The maximum absolute atomic E-state index is 13.2. The van der Waals surface area contributed by atoms with Crippen molar-refractivity contribution in [3.05, 3.63) is 42.2 Å². The Labute approximate surface area is 196 Å². The lowest BCUT2D eigenvalue weighted by Crippen LogP contribution is -2.21. The lowest BCUT2D eigenvalue weighted by Gasteiger charge is -2.16. The van der Waals surface area contributed by atoms with Crippen LogP contribution in [-0.4, -0.2) is 60.0 Å². The minimum Gasteiger partial charge on any atom is -0.496 e. The van der Waals surface area contributed by atoms with E-state index in [4.69, 9.17) is 14.2 Å². The van der Waals surface area contributed by atoms with Crippen LogP contribution in [0.4, 0.5) is 8.78 Å². The predicted octanol–water partition coefficient (Wildman–Crippen LogP) is 4.68. The summed E-state index contributed by atoms with van der Waals surface area (Å²) in [5.41, 5.74) is 1.92. The van der Waals surface area contributed by atoms with Crippen molar-refractivity contribution in [3.8, 4) is 28.5 Å². The van der Waals surface area contributed by atoms with Gasteiger partial charge in [-0.25, -0.2) is 4.98 Å². The Hall–Kier alpha value is -3.20. The summed E-state index contributed by atoms with van der Waals surface area (Å²) in [6.45, 7) is -1.18. The van der Waals surface area contributed by atoms with E-state index in [0.29, 0.717) is 29.2 Å². The van der Waals surface area contributed by atoms with Crippen molar-refractivity contribution in [2.75, 3.05) is 27.2 Å². The van der Waals surface area contributed by atoms with Gasteiger partial charge in [0.25, 0.3) is 0 Å². The van der Waals surface area contributed by atoms with E-state index in [0.717, 1.165) is 38.1 Å². The molecule has 2 aliphatic rings. The number of aromatic nitrogens is 2. The maximum atomic E-state index is 13.2. The first-order valence-electron chi connectivity index (χ1n) is 11.4. The van der Waals surface area contributed by atoms with Crippen LogP contribution in [0, 0.1) is 5.92 Å². The van der Waals surface area contributed by atoms with Gasteiger partial charge in [0.15, 0.2) is 5.78 Å². The molecule has 9 heteroatoms. The van der Waals surface area contributed by atoms with Gasteiger partial charge >= 0.3 is 6.61 Å². The lowest BCUT2D eigenvalue weighted by molar-refractivity contribution is -0.0502. The van der Waals surface area contributed by atoms with Crippen LogP contribution in [0.5, 0.6) is 17.2 Å². The number of halogens is 2. The molecule has 0 radical (unpaired) electrons. The number of pyridine rings is 1. The van der Waals surface area contributed by atoms with Gasteiger partial charge in [0.05, 0.1) is 19.0 Å². The van der Waals surface area contributed by atoms with E-state index in [9.17, 15) is 13.6 Å². The summed E-state index contributed by atoms with van der Waals surface area (Å²) in [6.07, 6.45) is 6.84. The first kappa shape index (κ1) is 22.6. The van der Waals surface area contributed by atoms with Crippen LogP contribution in [0.3, 0.4) is 0 Å². The predicted molar refractivity (Wildman–Crippen MR) is 122 cm³/mol. The number of carbonyl (C=O) groups is 1. The number of carbonyl (C=O) groups excluding carboxylic acids is 1. The number of imidazole rings is 1. The highest BCUT2D eigenvalue weighted by molar-refractivity contribution is 6.02. The molecular weight excluding hydrogens is 444 g/mol. The number of ether oxygens (including phenoxy) is 3. The van der Waals surface area contributed by atoms with Crippen LogP contribution in [0.1, 0.15) is 36.0 Å². The second kappa shape index (κ2) is 9.21. The topological polar surface area (TPSA) is 65.3 Å². The van der Waals surface area contributed by atoms with Gasteiger partial charge in [-0.15, -0.1) is 0 Å². The Balaban J connectivity index is 1.49. The molecule has 34 heavy (non-hydrogen) atoms. The van der Waals surface area contributed by atoms with Crippen molar-refractivity contribution in [1.82, 2.24) is 14.3 Å². The summed E-state index contributed by atoms with van der Waals surface area (Å²) in [4.78, 5) is 19.5. The van der Waals surface area contributed by atoms with Crippen molar-refractivity contribution in [2.24, 2.45) is 5.92 Å². The van der Waals surface area contributed by atoms with Crippen LogP contribution in [0.15, 0.2) is 36.7 Å². The van der Waals surface area contributed by atoms with Gasteiger partial charge in [0.1, 0.15) is 34.6 Å². The number of ketones is 1. The average Bonchev–Trinajstić information content (AvgIpc) is 3.36. The number of rotatable bonds is 9. The van der Waals surface area contributed by atoms with Crippen LogP contribution >= 0.6 is 0 Å². The Morgan fingerprint density at radius 2 is 2.00 bits per heavy atom. The van der Waals surface area contributed by atoms with Gasteiger partial charge in [0, 0.05) is 37.3 Å². The number of likely N-dealkylation sites (N-methyl/N-ethyl adjacent to an activating group) is 1. The zero-order chi connectivity index (χ0) is 23.8. The summed E-state index contributed by atoms with van der Waals surface area (Å²) in [5, 5.41) is 0. The zero-order valence-corrected chi connectivity index (χ0v) is 19.2. The summed E-state index contributed by atoms with van der Waals surface area (Å²) >= 11 is 0. The highest BCUT2D eigenvalue weighted by Gasteiger charge is 2.30. The zero-order valence-electron chi connectivity index (χ0n) is 19.2. The Morgan fingerprint density at radius 3 is 2.68 bits per heavy atom. The molecule has 2 aromatic heterocycles. The largest absolute Gasteiger partial charge is 0.496 e. The monoisotopic (exact) mass is 471 g/mol. The van der Waals surface area contributed by atoms with E-state index in [2.05, 4.69) is 16.9 Å². The molecule has 1 aliphatic carbocycles. The number of benzene rings is 1. The minimum atomic E-state index is -3.07. The van der Waals surface area contributed by atoms with Gasteiger partial charge < -0.3 is 19.1 Å². The van der Waals surface area contributed by atoms with Crippen LogP contribution in [0.2, 0.25) is 0 Å². The molecule has 1 aromatic carbocycles. The highest BCUT2D eigenvalue weighted by Crippen LogP contribution is 2.40. The molecule has 1 unspecified atom stereocenters. The number of fused-ring (bicyclic) bond motifs is 1. The third kappa shape index (κ3) is 4.70. The molecule has 1 saturated carbocycles. The molecule has 0 spiro atoms. The third-order valence-electron chi connectivity index (χ3n) is 6.38. The lowest BCUT2D eigenvalue weighted by atomic mass is 10.00. The molecule has 3 aromatic rings. The molecule has 0 bridgehead atoms. The summed E-state index contributed by atoms with van der Waals surface area (Å²) in [5.74, 6) is 0.801. The summed E-state index contributed by atoms with van der Waals surface area (Å²) in [6, 6.07) is 6.83. The van der Waals surface area contributed by atoms with E-state index >= 15 is 0 Å². The molecule has 0 amide bonds. The standard InChI is InChI=1S/C25H27F2N3O4/c1-29-7-5-18(14-29)33-17-6-8-30-19(13-28-23(30)12-17)16-10-21(32-2)24(20(31)9-15-3-4-15)22(11-16)34-25(26)27/h6,8,10-13,15,18,25H,3-5,7,9,14H2,1-2H3. The normalized spacial score (nSPS) is 18.6. The average molecular weight is 472 g/mol. The van der Waals surface area contributed by atoms with Crippen LogP contribution in [0.25, 0.3) is 16.9 Å². The Bertz CT molecular complexity index is 1210. The molecule has 0 N–H and O–H groups in total. The Kier molecular flexibility index (Phi) is 6.12. The number of alkyl halides is 2. The van der Waals surface area contributed by atoms with Crippen molar-refractivity contribution >= 4 is 11.4 Å². The molecule has 5 rings (SSSR count). The molecule has 7 nitrogen and oxygen atoms in total. The first-order chi connectivity index (χ1) is 16.4. The summed E-state index contributed by atoms with van der Waals surface area (Å²) < 4.78 is 44.6. The second-order valence-corrected chi connectivity index (χ2v) is 9.03. The third-order valence-corrected chi connectivity index (χ3v) is 6.38. The molecule has 1 atom stereocenters. The van der Waals surface area contributed by atoms with Gasteiger partial charge in [-0.2, -0.15) is 8.78 Å². The minimum absolute atomic E-state index is 0.0597. The molecule has 1 aliphatic heterocycles. The summed E-state index contributed by atoms with van der Waals surface area (Å²) in [7, 11) is 3.48. The SMILES string of the molecule is COc1cc(-c2cnc3cc(OC4CCN(C)C4)ccn23)cc(OC(F)F)c1C(=O)CC1CC1. The van der Waals surface area contributed by atoms with Crippen LogP contribution in [-0.2, 0) is 0 Å². The fourth-order valence-corrected chi connectivity index (χ4v) is 4.48. The highest BCUT2D eigenvalue weighted by atomic mass is 19.3. The number of Topliss-reactive ketones (excluding diaryl/α,β-unsaturated/α-hetero) is 1. The fraction of sp³-hybridized carbons (Fsp3) is 0.440. The van der Waals surface area contributed by atoms with Crippen molar-refractivity contribution < 1.29 is 27.8 Å². The van der Waals surface area contributed by atoms with E-state index in [1.807, 2.05) is 22.7 Å². The van der Waals surface area contributed by atoms with E-state index in [1.54, 1.807) is 12.3 Å². The number of hydrogen-bond donors (Lipinski definition) is 0. The molecule has 180 valence electrons. The fourth-order valence-electron chi connectivity index (χ4n) is 4.48. The molecular formula is C25H27F2N3O4. The second-order valence-electron chi connectivity index (χ2n) is 9.03. The van der Waals surface area contributed by atoms with E-state index in [-0.39, 0.29) is 28.9 Å². The van der Waals surface area contributed by atoms with E-state index in [1.165, 1.54) is 13.2 Å². The van der Waals surface area contributed by atoms with Gasteiger partial charge in [0.2, 0.25) is 0 Å². The van der Waals surface area contributed by atoms with Gasteiger partial charge in [-0.05, 0) is 50.4 Å². The first-order valence-corrected chi connectivity index (χ1v) is 11.4. The number of likely N-dealkylation sites (tertiary alicyclic amines) is 1. The number of nitrogens with zero attached hydrogens (tertiary/aromatic N) is 3. The number of methoxy groups -OCH3 is 1. The molecule has 1 saturated heterocycles. The van der Waals surface area contributed by atoms with Crippen molar-refractivity contribution in [2.45, 2.75) is 38.4 Å².